The van der Waals surface area contributed by atoms with Crippen molar-refractivity contribution in [3.8, 4) is 11.1 Å². The summed E-state index contributed by atoms with van der Waals surface area (Å²) >= 11 is 6.09. The van der Waals surface area contributed by atoms with Gasteiger partial charge in [-0.25, -0.2) is 13.2 Å². The SMILES string of the molecule is O=C(NCc1cn[nH]c1)Nc1ccc(S(=O)(=O)c2ccccc2-c2cccc(Cl)c2)cc1. The fraction of sp³-hybridized carbons (Fsp3) is 0.0435. The van der Waals surface area contributed by atoms with Crippen LogP contribution < -0.4 is 10.6 Å². The first-order chi connectivity index (χ1) is 15.4. The van der Waals surface area contributed by atoms with Gasteiger partial charge in [-0.3, -0.25) is 5.10 Å². The number of nitrogens with zero attached hydrogens (tertiary/aromatic N) is 1. The van der Waals surface area contributed by atoms with E-state index in [9.17, 15) is 13.2 Å². The predicted octanol–water partition coefficient (Wildman–Crippen LogP) is 4.88. The van der Waals surface area contributed by atoms with E-state index in [1.165, 1.54) is 12.1 Å². The van der Waals surface area contributed by atoms with Crippen LogP contribution in [0.25, 0.3) is 11.1 Å². The van der Waals surface area contributed by atoms with Crippen LogP contribution in [0.15, 0.2) is 95.0 Å². The number of amides is 2. The van der Waals surface area contributed by atoms with Crippen molar-refractivity contribution >= 4 is 33.2 Å². The summed E-state index contributed by atoms with van der Waals surface area (Å²) in [6, 6.07) is 19.5. The number of aromatic amines is 1. The average molecular weight is 467 g/mol. The number of urea groups is 1. The number of halogens is 1. The molecule has 32 heavy (non-hydrogen) atoms. The Morgan fingerprint density at radius 2 is 1.78 bits per heavy atom. The van der Waals surface area contributed by atoms with Crippen LogP contribution in [0.2, 0.25) is 5.02 Å². The van der Waals surface area contributed by atoms with Crippen molar-refractivity contribution in [2.24, 2.45) is 0 Å². The van der Waals surface area contributed by atoms with Gasteiger partial charge in [0.25, 0.3) is 0 Å². The van der Waals surface area contributed by atoms with Crippen molar-refractivity contribution in [3.05, 3.63) is 95.8 Å². The maximum atomic E-state index is 13.3. The van der Waals surface area contributed by atoms with Crippen molar-refractivity contribution in [1.82, 2.24) is 15.5 Å². The zero-order chi connectivity index (χ0) is 22.6. The zero-order valence-corrected chi connectivity index (χ0v) is 18.3. The van der Waals surface area contributed by atoms with Crippen molar-refractivity contribution < 1.29 is 13.2 Å². The number of hydrogen-bond acceptors (Lipinski definition) is 4. The lowest BCUT2D eigenvalue weighted by molar-refractivity contribution is 0.251. The second-order valence-electron chi connectivity index (χ2n) is 6.95. The minimum atomic E-state index is -3.80. The number of carbonyl (C=O) groups is 1. The number of hydrogen-bond donors (Lipinski definition) is 3. The molecule has 2 amide bonds. The highest BCUT2D eigenvalue weighted by Crippen LogP contribution is 2.32. The predicted molar refractivity (Wildman–Crippen MR) is 123 cm³/mol. The summed E-state index contributed by atoms with van der Waals surface area (Å²) < 4.78 is 26.7. The van der Waals surface area contributed by atoms with E-state index in [0.717, 1.165) is 5.56 Å². The van der Waals surface area contributed by atoms with Crippen LogP contribution in [0.3, 0.4) is 0 Å². The van der Waals surface area contributed by atoms with Gasteiger partial charge in [-0.05, 0) is 48.0 Å². The molecule has 3 aromatic carbocycles. The van der Waals surface area contributed by atoms with E-state index in [1.807, 2.05) is 6.07 Å². The summed E-state index contributed by atoms with van der Waals surface area (Å²) in [7, 11) is -3.80. The minimum Gasteiger partial charge on any atom is -0.334 e. The molecule has 3 N–H and O–H groups in total. The van der Waals surface area contributed by atoms with Crippen LogP contribution in [-0.4, -0.2) is 24.6 Å². The fourth-order valence-electron chi connectivity index (χ4n) is 3.17. The number of benzene rings is 3. The second-order valence-corrected chi connectivity index (χ2v) is 9.30. The highest BCUT2D eigenvalue weighted by atomic mass is 35.5. The molecule has 0 saturated carbocycles. The molecule has 7 nitrogen and oxygen atoms in total. The monoisotopic (exact) mass is 466 g/mol. The van der Waals surface area contributed by atoms with Crippen molar-refractivity contribution in [1.29, 1.82) is 0 Å². The molecule has 0 atom stereocenters. The molecule has 4 rings (SSSR count). The van der Waals surface area contributed by atoms with Crippen molar-refractivity contribution in [2.75, 3.05) is 5.32 Å². The van der Waals surface area contributed by atoms with Gasteiger partial charge < -0.3 is 10.6 Å². The molecule has 0 radical (unpaired) electrons. The number of nitrogens with one attached hydrogen (secondary N) is 3. The molecule has 1 aromatic heterocycles. The van der Waals surface area contributed by atoms with Crippen LogP contribution in [-0.2, 0) is 16.4 Å². The summed E-state index contributed by atoms with van der Waals surface area (Å²) in [5.41, 5.74) is 2.58. The molecule has 0 saturated heterocycles. The molecule has 0 spiro atoms. The maximum absolute atomic E-state index is 13.3. The third-order valence-corrected chi connectivity index (χ3v) is 6.81. The molecule has 0 aliphatic rings. The summed E-state index contributed by atoms with van der Waals surface area (Å²) in [5, 5.41) is 12.4. The van der Waals surface area contributed by atoms with E-state index in [-0.39, 0.29) is 9.79 Å². The summed E-state index contributed by atoms with van der Waals surface area (Å²) in [4.78, 5) is 12.4. The van der Waals surface area contributed by atoms with Gasteiger partial charge in [-0.15, -0.1) is 0 Å². The third-order valence-electron chi connectivity index (χ3n) is 4.74. The Bertz CT molecular complexity index is 1340. The van der Waals surface area contributed by atoms with Crippen LogP contribution in [0.5, 0.6) is 0 Å². The fourth-order valence-corrected chi connectivity index (χ4v) is 4.84. The molecule has 0 bridgehead atoms. The minimum absolute atomic E-state index is 0.122. The zero-order valence-electron chi connectivity index (χ0n) is 16.7. The number of H-pyrrole nitrogens is 1. The van der Waals surface area contributed by atoms with E-state index in [0.29, 0.717) is 28.4 Å². The Morgan fingerprint density at radius 1 is 1.00 bits per heavy atom. The highest BCUT2D eigenvalue weighted by molar-refractivity contribution is 7.91. The molecule has 0 aliphatic carbocycles. The van der Waals surface area contributed by atoms with Crippen LogP contribution in [0, 0.1) is 0 Å². The van der Waals surface area contributed by atoms with Crippen LogP contribution in [0.4, 0.5) is 10.5 Å². The van der Waals surface area contributed by atoms with E-state index in [4.69, 9.17) is 11.6 Å². The van der Waals surface area contributed by atoms with Gasteiger partial charge in [-0.1, -0.05) is 41.9 Å². The number of rotatable bonds is 6. The Hall–Kier alpha value is -3.62. The third kappa shape index (κ3) is 4.82. The molecular weight excluding hydrogens is 448 g/mol. The normalized spacial score (nSPS) is 11.2. The summed E-state index contributed by atoms with van der Waals surface area (Å²) in [6.07, 6.45) is 3.29. The standard InChI is InChI=1S/C23H19ClN4O3S/c24-18-5-3-4-17(12-18)21-6-1-2-7-22(21)32(30,31)20-10-8-19(9-11-20)28-23(29)25-13-16-14-26-27-15-16/h1-12,14-15H,13H2,(H,26,27)(H2,25,28,29). The lowest BCUT2D eigenvalue weighted by Gasteiger charge is -2.12. The van der Waals surface area contributed by atoms with Crippen LogP contribution in [0.1, 0.15) is 5.56 Å². The molecule has 162 valence electrons. The molecular formula is C23H19ClN4O3S. The first kappa shape index (κ1) is 21.6. The molecule has 4 aromatic rings. The summed E-state index contributed by atoms with van der Waals surface area (Å²) in [5.74, 6) is 0. The van der Waals surface area contributed by atoms with Gasteiger partial charge >= 0.3 is 6.03 Å². The van der Waals surface area contributed by atoms with Crippen molar-refractivity contribution in [3.63, 3.8) is 0 Å². The average Bonchev–Trinajstić information content (AvgIpc) is 3.32. The number of aromatic nitrogens is 2. The Balaban J connectivity index is 1.53. The first-order valence-electron chi connectivity index (χ1n) is 9.66. The molecule has 0 aliphatic heterocycles. The number of sulfone groups is 1. The van der Waals surface area contributed by atoms with E-state index in [2.05, 4.69) is 20.8 Å². The van der Waals surface area contributed by atoms with Gasteiger partial charge in [0.15, 0.2) is 0 Å². The largest absolute Gasteiger partial charge is 0.334 e. The maximum Gasteiger partial charge on any atom is 0.319 e. The lowest BCUT2D eigenvalue weighted by Crippen LogP contribution is -2.28. The molecule has 9 heteroatoms. The van der Waals surface area contributed by atoms with Crippen LogP contribution >= 0.6 is 11.6 Å². The smallest absolute Gasteiger partial charge is 0.319 e. The van der Waals surface area contributed by atoms with Gasteiger partial charge in [0.2, 0.25) is 9.84 Å². The summed E-state index contributed by atoms with van der Waals surface area (Å²) in [6.45, 7) is 0.315. The van der Waals surface area contributed by atoms with E-state index < -0.39 is 15.9 Å². The van der Waals surface area contributed by atoms with Gasteiger partial charge in [0.1, 0.15) is 0 Å². The van der Waals surface area contributed by atoms with Gasteiger partial charge in [0, 0.05) is 34.6 Å². The molecule has 0 unspecified atom stereocenters. The molecule has 0 fully saturated rings. The van der Waals surface area contributed by atoms with E-state index >= 15 is 0 Å². The quantitative estimate of drug-likeness (QED) is 0.376. The molecule has 1 heterocycles. The second kappa shape index (κ2) is 9.25. The van der Waals surface area contributed by atoms with Gasteiger partial charge in [0.05, 0.1) is 16.0 Å². The van der Waals surface area contributed by atoms with Gasteiger partial charge in [-0.2, -0.15) is 5.10 Å². The lowest BCUT2D eigenvalue weighted by atomic mass is 10.1. The Morgan fingerprint density at radius 3 is 2.50 bits per heavy atom. The highest BCUT2D eigenvalue weighted by Gasteiger charge is 2.22. The van der Waals surface area contributed by atoms with Crippen molar-refractivity contribution in [2.45, 2.75) is 16.3 Å². The Kier molecular flexibility index (Phi) is 6.25. The Labute approximate surface area is 190 Å². The van der Waals surface area contributed by atoms with E-state index in [1.54, 1.807) is 67.0 Å². The topological polar surface area (TPSA) is 104 Å². The number of carbonyl (C=O) groups excluding carboxylic acids is 1. The number of anilines is 1. The first-order valence-corrected chi connectivity index (χ1v) is 11.5.